The SMILES string of the molecule is N=C(N=C(N)c1ccc(-c2cc(Cl)ccc2CN)cc1)c1ccccc1. The lowest BCUT2D eigenvalue weighted by Gasteiger charge is -2.10. The maximum Gasteiger partial charge on any atom is 0.154 e. The zero-order valence-electron chi connectivity index (χ0n) is 14.1. The summed E-state index contributed by atoms with van der Waals surface area (Å²) >= 11 is 6.12. The van der Waals surface area contributed by atoms with Gasteiger partial charge in [0, 0.05) is 22.7 Å². The second-order valence-electron chi connectivity index (χ2n) is 5.79. The van der Waals surface area contributed by atoms with Crippen molar-refractivity contribution in [2.24, 2.45) is 16.5 Å². The number of rotatable bonds is 4. The minimum absolute atomic E-state index is 0.132. The van der Waals surface area contributed by atoms with E-state index in [0.717, 1.165) is 27.8 Å². The second-order valence-corrected chi connectivity index (χ2v) is 6.23. The van der Waals surface area contributed by atoms with Gasteiger partial charge in [0.1, 0.15) is 5.84 Å². The molecular formula is C21H19ClN4. The highest BCUT2D eigenvalue weighted by Gasteiger charge is 2.07. The van der Waals surface area contributed by atoms with Crippen molar-refractivity contribution in [3.05, 3.63) is 94.5 Å². The molecule has 4 nitrogen and oxygen atoms in total. The third-order valence-electron chi connectivity index (χ3n) is 4.06. The molecule has 0 atom stereocenters. The number of amidine groups is 2. The number of nitrogens with zero attached hydrogens (tertiary/aromatic N) is 1. The maximum absolute atomic E-state index is 8.07. The molecule has 0 aliphatic rings. The van der Waals surface area contributed by atoms with Crippen LogP contribution < -0.4 is 11.5 Å². The largest absolute Gasteiger partial charge is 0.383 e. The summed E-state index contributed by atoms with van der Waals surface area (Å²) in [6.45, 7) is 0.437. The van der Waals surface area contributed by atoms with Crippen LogP contribution in [-0.2, 0) is 6.54 Å². The van der Waals surface area contributed by atoms with Gasteiger partial charge >= 0.3 is 0 Å². The summed E-state index contributed by atoms with van der Waals surface area (Å²) in [6, 6.07) is 22.6. The summed E-state index contributed by atoms with van der Waals surface area (Å²) < 4.78 is 0. The number of nitrogens with one attached hydrogen (secondary N) is 1. The first-order valence-corrected chi connectivity index (χ1v) is 8.53. The van der Waals surface area contributed by atoms with E-state index in [1.165, 1.54) is 0 Å². The molecular weight excluding hydrogens is 344 g/mol. The number of benzene rings is 3. The highest BCUT2D eigenvalue weighted by Crippen LogP contribution is 2.27. The van der Waals surface area contributed by atoms with Gasteiger partial charge in [-0.1, -0.05) is 72.3 Å². The Hall–Kier alpha value is -2.95. The first-order chi connectivity index (χ1) is 12.6. The number of hydrogen-bond acceptors (Lipinski definition) is 2. The lowest BCUT2D eigenvalue weighted by Crippen LogP contribution is -2.15. The van der Waals surface area contributed by atoms with Crippen molar-refractivity contribution >= 4 is 23.3 Å². The molecule has 0 unspecified atom stereocenters. The van der Waals surface area contributed by atoms with Crippen LogP contribution in [0.5, 0.6) is 0 Å². The lowest BCUT2D eigenvalue weighted by molar-refractivity contribution is 1.07. The monoisotopic (exact) mass is 362 g/mol. The molecule has 0 aromatic heterocycles. The van der Waals surface area contributed by atoms with E-state index >= 15 is 0 Å². The predicted octanol–water partition coefficient (Wildman–Crippen LogP) is 4.20. The van der Waals surface area contributed by atoms with Crippen molar-refractivity contribution in [2.45, 2.75) is 6.54 Å². The number of halogens is 1. The van der Waals surface area contributed by atoms with E-state index in [2.05, 4.69) is 4.99 Å². The lowest BCUT2D eigenvalue weighted by atomic mass is 9.98. The van der Waals surface area contributed by atoms with E-state index in [-0.39, 0.29) is 5.84 Å². The normalized spacial score (nSPS) is 11.4. The Kier molecular flexibility index (Phi) is 5.46. The standard InChI is InChI=1S/C21H19ClN4/c22-18-11-10-17(13-23)19(12-18)14-6-8-16(9-7-14)21(25)26-20(24)15-4-2-1-3-5-15/h1-12H,13,23H2,(H3,24,25,26). The predicted molar refractivity (Wildman–Crippen MR) is 109 cm³/mol. The van der Waals surface area contributed by atoms with E-state index in [1.54, 1.807) is 0 Å². The summed E-state index contributed by atoms with van der Waals surface area (Å²) in [4.78, 5) is 4.20. The third kappa shape index (κ3) is 3.99. The molecule has 0 saturated carbocycles. The van der Waals surface area contributed by atoms with Crippen LogP contribution in [0, 0.1) is 5.41 Å². The molecule has 0 radical (unpaired) electrons. The quantitative estimate of drug-likeness (QED) is 0.479. The Bertz CT molecular complexity index is 948. The van der Waals surface area contributed by atoms with Gasteiger partial charge < -0.3 is 11.5 Å². The van der Waals surface area contributed by atoms with Crippen LogP contribution in [-0.4, -0.2) is 11.7 Å². The second kappa shape index (κ2) is 7.95. The molecule has 3 aromatic carbocycles. The first-order valence-electron chi connectivity index (χ1n) is 8.16. The van der Waals surface area contributed by atoms with Crippen LogP contribution >= 0.6 is 11.6 Å². The molecule has 3 rings (SSSR count). The molecule has 5 heteroatoms. The van der Waals surface area contributed by atoms with E-state index in [0.29, 0.717) is 17.4 Å². The maximum atomic E-state index is 8.07. The highest BCUT2D eigenvalue weighted by molar-refractivity contribution is 6.30. The number of nitrogens with two attached hydrogens (primary N) is 2. The van der Waals surface area contributed by atoms with Gasteiger partial charge in [-0.15, -0.1) is 0 Å². The highest BCUT2D eigenvalue weighted by atomic mass is 35.5. The molecule has 0 fully saturated rings. The van der Waals surface area contributed by atoms with Crippen molar-refractivity contribution in [3.63, 3.8) is 0 Å². The van der Waals surface area contributed by atoms with Crippen LogP contribution in [0.1, 0.15) is 16.7 Å². The fourth-order valence-corrected chi connectivity index (χ4v) is 2.83. The minimum Gasteiger partial charge on any atom is -0.383 e. The fourth-order valence-electron chi connectivity index (χ4n) is 2.66. The zero-order valence-corrected chi connectivity index (χ0v) is 14.9. The van der Waals surface area contributed by atoms with Crippen molar-refractivity contribution in [1.82, 2.24) is 0 Å². The van der Waals surface area contributed by atoms with Gasteiger partial charge in [-0.05, 0) is 28.8 Å². The van der Waals surface area contributed by atoms with E-state index < -0.39 is 0 Å². The van der Waals surface area contributed by atoms with Crippen LogP contribution in [0.25, 0.3) is 11.1 Å². The molecule has 3 aromatic rings. The summed E-state index contributed by atoms with van der Waals surface area (Å²) in [5.41, 5.74) is 16.4. The zero-order chi connectivity index (χ0) is 18.5. The average molecular weight is 363 g/mol. The molecule has 0 saturated heterocycles. The third-order valence-corrected chi connectivity index (χ3v) is 4.30. The summed E-state index contributed by atoms with van der Waals surface area (Å²) in [6.07, 6.45) is 0. The molecule has 130 valence electrons. The van der Waals surface area contributed by atoms with Gasteiger partial charge in [0.15, 0.2) is 5.84 Å². The average Bonchev–Trinajstić information content (AvgIpc) is 2.68. The van der Waals surface area contributed by atoms with Gasteiger partial charge in [-0.3, -0.25) is 5.41 Å². The molecule has 0 spiro atoms. The Morgan fingerprint density at radius 2 is 1.62 bits per heavy atom. The molecule has 0 heterocycles. The summed E-state index contributed by atoms with van der Waals surface area (Å²) in [5, 5.41) is 8.73. The van der Waals surface area contributed by atoms with Crippen molar-refractivity contribution in [3.8, 4) is 11.1 Å². The number of aliphatic imine (C=N–C) groups is 1. The van der Waals surface area contributed by atoms with Crippen LogP contribution in [0.3, 0.4) is 0 Å². The number of hydrogen-bond donors (Lipinski definition) is 3. The molecule has 0 aliphatic carbocycles. The van der Waals surface area contributed by atoms with Gasteiger partial charge in [0.25, 0.3) is 0 Å². The van der Waals surface area contributed by atoms with Crippen molar-refractivity contribution in [1.29, 1.82) is 5.41 Å². The summed E-state index contributed by atoms with van der Waals surface area (Å²) in [5.74, 6) is 0.433. The molecule has 0 bridgehead atoms. The molecule has 0 amide bonds. The molecule has 0 aliphatic heterocycles. The molecule has 26 heavy (non-hydrogen) atoms. The van der Waals surface area contributed by atoms with E-state index in [9.17, 15) is 0 Å². The first kappa shape index (κ1) is 17.9. The van der Waals surface area contributed by atoms with E-state index in [4.69, 9.17) is 28.5 Å². The van der Waals surface area contributed by atoms with Crippen LogP contribution in [0.15, 0.2) is 77.8 Å². The van der Waals surface area contributed by atoms with Crippen LogP contribution in [0.2, 0.25) is 5.02 Å². The van der Waals surface area contributed by atoms with Crippen molar-refractivity contribution < 1.29 is 0 Å². The topological polar surface area (TPSA) is 88.2 Å². The van der Waals surface area contributed by atoms with Gasteiger partial charge in [-0.2, -0.15) is 0 Å². The summed E-state index contributed by atoms with van der Waals surface area (Å²) in [7, 11) is 0. The smallest absolute Gasteiger partial charge is 0.154 e. The minimum atomic E-state index is 0.132. The van der Waals surface area contributed by atoms with Gasteiger partial charge in [0.05, 0.1) is 0 Å². The Morgan fingerprint density at radius 3 is 2.27 bits per heavy atom. The Morgan fingerprint density at radius 1 is 0.923 bits per heavy atom. The van der Waals surface area contributed by atoms with Crippen LogP contribution in [0.4, 0.5) is 0 Å². The molecule has 5 N–H and O–H groups in total. The van der Waals surface area contributed by atoms with Gasteiger partial charge in [-0.25, -0.2) is 4.99 Å². The fraction of sp³-hybridized carbons (Fsp3) is 0.0476. The Labute approximate surface area is 157 Å². The van der Waals surface area contributed by atoms with Crippen molar-refractivity contribution in [2.75, 3.05) is 0 Å². The Balaban J connectivity index is 1.87. The van der Waals surface area contributed by atoms with Gasteiger partial charge in [0.2, 0.25) is 0 Å². The van der Waals surface area contributed by atoms with E-state index in [1.807, 2.05) is 72.8 Å².